The second-order valence-electron chi connectivity index (χ2n) is 5.74. The Morgan fingerprint density at radius 2 is 2.00 bits per heavy atom. The molecule has 0 aliphatic carbocycles. The van der Waals surface area contributed by atoms with Crippen molar-refractivity contribution in [2.75, 3.05) is 20.6 Å². The first-order valence-electron chi connectivity index (χ1n) is 7.85. The van der Waals surface area contributed by atoms with Gasteiger partial charge < -0.3 is 10.2 Å². The molecule has 3 rings (SSSR count). The number of carbonyl (C=O) groups excluding carboxylic acids is 1. The average Bonchev–Trinajstić information content (AvgIpc) is 3.16. The van der Waals surface area contributed by atoms with Gasteiger partial charge in [0.1, 0.15) is 0 Å². The third-order valence-corrected chi connectivity index (χ3v) is 4.76. The fraction of sp³-hybridized carbons (Fsp3) is 0.222. The molecule has 7 heteroatoms. The van der Waals surface area contributed by atoms with Crippen molar-refractivity contribution in [2.45, 2.75) is 6.04 Å². The second-order valence-corrected chi connectivity index (χ2v) is 6.72. The number of rotatable bonds is 6. The van der Waals surface area contributed by atoms with E-state index < -0.39 is 0 Å². The van der Waals surface area contributed by atoms with Gasteiger partial charge in [-0.25, -0.2) is 9.97 Å². The molecule has 0 saturated heterocycles. The summed E-state index contributed by atoms with van der Waals surface area (Å²) in [5.41, 5.74) is 1.26. The monoisotopic (exact) mass is 353 g/mol. The van der Waals surface area contributed by atoms with E-state index in [1.165, 1.54) is 4.88 Å². The van der Waals surface area contributed by atoms with Crippen LogP contribution in [0, 0.1) is 0 Å². The molecule has 0 aliphatic heterocycles. The van der Waals surface area contributed by atoms with Crippen molar-refractivity contribution < 1.29 is 4.79 Å². The van der Waals surface area contributed by atoms with E-state index >= 15 is 0 Å². The number of hydrogen-bond donors (Lipinski definition) is 1. The number of aromatic nitrogens is 3. The smallest absolute Gasteiger partial charge is 0.254 e. The SMILES string of the molecule is CN(C)C(CNC(=O)c1cnc(-c2cccnc2)nc1)c1cccs1. The highest BCUT2D eigenvalue weighted by atomic mass is 32.1. The predicted octanol–water partition coefficient (Wildman–Crippen LogP) is 2.63. The molecule has 0 spiro atoms. The van der Waals surface area contributed by atoms with Crippen LogP contribution in [0.2, 0.25) is 0 Å². The van der Waals surface area contributed by atoms with Gasteiger partial charge in [0.05, 0.1) is 11.6 Å². The van der Waals surface area contributed by atoms with Crippen LogP contribution < -0.4 is 5.32 Å². The number of hydrogen-bond acceptors (Lipinski definition) is 6. The quantitative estimate of drug-likeness (QED) is 0.738. The van der Waals surface area contributed by atoms with Crippen molar-refractivity contribution in [3.63, 3.8) is 0 Å². The molecular formula is C18H19N5OS. The first kappa shape index (κ1) is 17.2. The van der Waals surface area contributed by atoms with Crippen molar-refractivity contribution in [1.82, 2.24) is 25.2 Å². The van der Waals surface area contributed by atoms with Crippen LogP contribution in [0.5, 0.6) is 0 Å². The third-order valence-electron chi connectivity index (χ3n) is 3.78. The van der Waals surface area contributed by atoms with Crippen LogP contribution in [-0.4, -0.2) is 46.4 Å². The Kier molecular flexibility index (Phi) is 5.47. The van der Waals surface area contributed by atoms with Gasteiger partial charge in [-0.1, -0.05) is 6.07 Å². The lowest BCUT2D eigenvalue weighted by Crippen LogP contribution is -2.34. The lowest BCUT2D eigenvalue weighted by molar-refractivity contribution is 0.0941. The van der Waals surface area contributed by atoms with Crippen LogP contribution >= 0.6 is 11.3 Å². The maximum Gasteiger partial charge on any atom is 0.254 e. The van der Waals surface area contributed by atoms with Gasteiger partial charge in [0.15, 0.2) is 5.82 Å². The van der Waals surface area contributed by atoms with E-state index in [1.54, 1.807) is 36.1 Å². The van der Waals surface area contributed by atoms with E-state index in [0.29, 0.717) is 17.9 Å². The van der Waals surface area contributed by atoms with Gasteiger partial charge >= 0.3 is 0 Å². The minimum absolute atomic E-state index is 0.138. The number of thiophene rings is 1. The molecule has 0 radical (unpaired) electrons. The van der Waals surface area contributed by atoms with Crippen LogP contribution in [0.4, 0.5) is 0 Å². The maximum absolute atomic E-state index is 12.4. The highest BCUT2D eigenvalue weighted by Gasteiger charge is 2.17. The van der Waals surface area contributed by atoms with Crippen molar-refractivity contribution in [2.24, 2.45) is 0 Å². The molecule has 1 unspecified atom stereocenters. The molecule has 1 atom stereocenters. The number of likely N-dealkylation sites (N-methyl/N-ethyl adjacent to an activating group) is 1. The molecule has 0 bridgehead atoms. The summed E-state index contributed by atoms with van der Waals surface area (Å²) in [6.07, 6.45) is 6.47. The van der Waals surface area contributed by atoms with Gasteiger partial charge in [-0.05, 0) is 37.7 Å². The minimum Gasteiger partial charge on any atom is -0.350 e. The Morgan fingerprint density at radius 3 is 2.60 bits per heavy atom. The van der Waals surface area contributed by atoms with Crippen LogP contribution in [-0.2, 0) is 0 Å². The van der Waals surface area contributed by atoms with Crippen LogP contribution in [0.3, 0.4) is 0 Å². The Bertz CT molecular complexity index is 803. The van der Waals surface area contributed by atoms with Crippen LogP contribution in [0.1, 0.15) is 21.3 Å². The molecule has 3 aromatic rings. The first-order chi connectivity index (χ1) is 12.1. The van der Waals surface area contributed by atoms with E-state index in [4.69, 9.17) is 0 Å². The van der Waals surface area contributed by atoms with E-state index in [0.717, 1.165) is 5.56 Å². The zero-order valence-electron chi connectivity index (χ0n) is 14.1. The number of nitrogens with one attached hydrogen (secondary N) is 1. The summed E-state index contributed by atoms with van der Waals surface area (Å²) in [5.74, 6) is 0.371. The summed E-state index contributed by atoms with van der Waals surface area (Å²) in [6.45, 7) is 0.525. The van der Waals surface area contributed by atoms with Crippen molar-refractivity contribution in [3.05, 3.63) is 64.9 Å². The largest absolute Gasteiger partial charge is 0.350 e. The van der Waals surface area contributed by atoms with Gasteiger partial charge in [0.2, 0.25) is 0 Å². The maximum atomic E-state index is 12.4. The van der Waals surface area contributed by atoms with Gasteiger partial charge in [0, 0.05) is 41.8 Å². The molecular weight excluding hydrogens is 334 g/mol. The summed E-state index contributed by atoms with van der Waals surface area (Å²) >= 11 is 1.68. The number of amides is 1. The van der Waals surface area contributed by atoms with Gasteiger partial charge in [-0.3, -0.25) is 9.78 Å². The minimum atomic E-state index is -0.179. The van der Waals surface area contributed by atoms with Crippen LogP contribution in [0.15, 0.2) is 54.4 Å². The van der Waals surface area contributed by atoms with Crippen molar-refractivity contribution in [1.29, 1.82) is 0 Å². The molecule has 0 aliphatic rings. The summed E-state index contributed by atoms with van der Waals surface area (Å²) in [6, 6.07) is 7.94. The first-order valence-corrected chi connectivity index (χ1v) is 8.73. The zero-order chi connectivity index (χ0) is 17.6. The molecule has 0 fully saturated rings. The Labute approximate surface area is 150 Å². The summed E-state index contributed by atoms with van der Waals surface area (Å²) in [7, 11) is 4.00. The van der Waals surface area contributed by atoms with E-state index in [2.05, 4.69) is 31.2 Å². The third kappa shape index (κ3) is 4.26. The summed E-state index contributed by atoms with van der Waals surface area (Å²) in [5, 5.41) is 5.00. The Morgan fingerprint density at radius 1 is 1.20 bits per heavy atom. The zero-order valence-corrected chi connectivity index (χ0v) is 14.9. The molecule has 128 valence electrons. The molecule has 3 heterocycles. The number of pyridine rings is 1. The van der Waals surface area contributed by atoms with E-state index in [9.17, 15) is 4.79 Å². The molecule has 6 nitrogen and oxygen atoms in total. The standard InChI is InChI=1S/C18H19N5OS/c1-23(2)15(16-6-4-8-25-16)12-22-18(24)14-10-20-17(21-11-14)13-5-3-7-19-9-13/h3-11,15H,12H2,1-2H3,(H,22,24). The topological polar surface area (TPSA) is 71.0 Å². The van der Waals surface area contributed by atoms with Gasteiger partial charge in [0.25, 0.3) is 5.91 Å². The molecule has 25 heavy (non-hydrogen) atoms. The molecule has 0 saturated carbocycles. The van der Waals surface area contributed by atoms with Crippen LogP contribution in [0.25, 0.3) is 11.4 Å². The van der Waals surface area contributed by atoms with Crippen molar-refractivity contribution >= 4 is 17.2 Å². The molecule has 1 amide bonds. The van der Waals surface area contributed by atoms with E-state index in [-0.39, 0.29) is 11.9 Å². The summed E-state index contributed by atoms with van der Waals surface area (Å²) in [4.78, 5) is 28.2. The lowest BCUT2D eigenvalue weighted by atomic mass is 10.2. The Balaban J connectivity index is 1.65. The normalized spacial score (nSPS) is 12.1. The van der Waals surface area contributed by atoms with E-state index in [1.807, 2.05) is 37.7 Å². The number of carbonyl (C=O) groups is 1. The highest BCUT2D eigenvalue weighted by Crippen LogP contribution is 2.22. The second kappa shape index (κ2) is 7.96. The van der Waals surface area contributed by atoms with Gasteiger partial charge in [-0.15, -0.1) is 11.3 Å². The fourth-order valence-corrected chi connectivity index (χ4v) is 3.32. The average molecular weight is 353 g/mol. The Hall–Kier alpha value is -2.64. The fourth-order valence-electron chi connectivity index (χ4n) is 2.40. The van der Waals surface area contributed by atoms with Gasteiger partial charge in [-0.2, -0.15) is 0 Å². The van der Waals surface area contributed by atoms with Crippen molar-refractivity contribution in [3.8, 4) is 11.4 Å². The summed E-state index contributed by atoms with van der Waals surface area (Å²) < 4.78 is 0. The lowest BCUT2D eigenvalue weighted by Gasteiger charge is -2.23. The molecule has 0 aromatic carbocycles. The number of nitrogens with zero attached hydrogens (tertiary/aromatic N) is 4. The molecule has 1 N–H and O–H groups in total. The molecule has 3 aromatic heterocycles. The highest BCUT2D eigenvalue weighted by molar-refractivity contribution is 7.10. The predicted molar refractivity (Wildman–Crippen MR) is 98.3 cm³/mol.